The molecule has 0 radical (unpaired) electrons. The van der Waals surface area contributed by atoms with Crippen molar-refractivity contribution in [1.82, 2.24) is 10.3 Å². The molecule has 0 bridgehead atoms. The van der Waals surface area contributed by atoms with Crippen LogP contribution >= 0.6 is 0 Å². The number of pyridine rings is 1. The number of nitrogens with zero attached hydrogens (tertiary/aromatic N) is 3. The van der Waals surface area contributed by atoms with Crippen LogP contribution in [0.2, 0.25) is 0 Å². The minimum Gasteiger partial charge on any atom is -0.490 e. The second kappa shape index (κ2) is 7.79. The second-order valence-electron chi connectivity index (χ2n) is 9.45. The molecule has 1 saturated carbocycles. The summed E-state index contributed by atoms with van der Waals surface area (Å²) in [6.45, 7) is 6.22. The van der Waals surface area contributed by atoms with Gasteiger partial charge in [-0.3, -0.25) is 19.5 Å². The average Bonchev–Trinajstić information content (AvgIpc) is 3.53. The number of aliphatic imine (C=N–C) groups is 1. The Morgan fingerprint density at radius 3 is 2.79 bits per heavy atom. The fourth-order valence-corrected chi connectivity index (χ4v) is 5.03. The van der Waals surface area contributed by atoms with Gasteiger partial charge in [0, 0.05) is 22.9 Å². The molecule has 3 aliphatic rings. The number of anilines is 1. The van der Waals surface area contributed by atoms with Gasteiger partial charge in [0.15, 0.2) is 5.84 Å². The van der Waals surface area contributed by atoms with Crippen LogP contribution < -0.4 is 20.5 Å². The highest BCUT2D eigenvalue weighted by Gasteiger charge is 2.32. The molecule has 5 rings (SSSR count). The van der Waals surface area contributed by atoms with Gasteiger partial charge in [0.05, 0.1) is 34.6 Å². The summed E-state index contributed by atoms with van der Waals surface area (Å²) in [6.07, 6.45) is 2.19. The molecule has 0 atom stereocenters. The van der Waals surface area contributed by atoms with Gasteiger partial charge < -0.3 is 15.8 Å². The lowest BCUT2D eigenvalue weighted by Crippen LogP contribution is -2.48. The van der Waals surface area contributed by atoms with Crippen molar-refractivity contribution in [3.05, 3.63) is 52.3 Å². The average molecular weight is 483 g/mol. The smallest absolute Gasteiger partial charge is 0.344 e. The zero-order valence-electron chi connectivity index (χ0n) is 19.2. The summed E-state index contributed by atoms with van der Waals surface area (Å²) >= 11 is 0. The molecule has 1 aromatic carbocycles. The van der Waals surface area contributed by atoms with E-state index in [2.05, 4.69) is 19.4 Å². The number of ether oxygens (including phenoxy) is 1. The van der Waals surface area contributed by atoms with Gasteiger partial charge in [0.1, 0.15) is 12.4 Å². The van der Waals surface area contributed by atoms with Crippen LogP contribution in [0.5, 0.6) is 5.75 Å². The third kappa shape index (κ3) is 4.23. The predicted molar refractivity (Wildman–Crippen MR) is 129 cm³/mol. The molecule has 2 aliphatic heterocycles. The van der Waals surface area contributed by atoms with Crippen molar-refractivity contribution in [2.45, 2.75) is 51.6 Å². The molecule has 1 amide bonds. The summed E-state index contributed by atoms with van der Waals surface area (Å²) in [7, 11) is -3.88. The third-order valence-corrected chi connectivity index (χ3v) is 6.88. The molecule has 1 aromatic heterocycles. The number of fused-ring (bicyclic) bond motifs is 2. The number of amidine groups is 1. The standard InChI is InChI=1S/C23H26N6O4S/c1-12-19-14(9-16(13-7-8-13)26-17(19)10-25-12)22(30)27-23(2,3)11-33-18-6-4-5-15-20(18)21(24)29-34(31,32)28-15/h4-6,9,13,28H,7-8,10-11H2,1-3H3,(H2,24,29)(H,27,30). The molecule has 1 aliphatic carbocycles. The molecule has 11 heteroatoms. The fourth-order valence-electron chi connectivity index (χ4n) is 4.18. The van der Waals surface area contributed by atoms with E-state index in [-0.39, 0.29) is 18.3 Å². The van der Waals surface area contributed by atoms with Crippen LogP contribution in [0.1, 0.15) is 72.4 Å². The molecule has 10 nitrogen and oxygen atoms in total. The fraction of sp³-hybridized carbons (Fsp3) is 0.391. The zero-order chi connectivity index (χ0) is 24.3. The van der Waals surface area contributed by atoms with E-state index in [1.54, 1.807) is 18.2 Å². The lowest BCUT2D eigenvalue weighted by molar-refractivity contribution is 0.0880. The van der Waals surface area contributed by atoms with Gasteiger partial charge in [-0.2, -0.15) is 8.42 Å². The first-order chi connectivity index (χ1) is 16.0. The molecule has 1 fully saturated rings. The Kier molecular flexibility index (Phi) is 5.12. The van der Waals surface area contributed by atoms with Crippen molar-refractivity contribution in [3.63, 3.8) is 0 Å². The van der Waals surface area contributed by atoms with Gasteiger partial charge in [0.25, 0.3) is 5.91 Å². The first-order valence-electron chi connectivity index (χ1n) is 11.0. The molecule has 0 unspecified atom stereocenters. The monoisotopic (exact) mass is 482 g/mol. The topological polar surface area (TPSA) is 148 Å². The third-order valence-electron chi connectivity index (χ3n) is 5.96. The van der Waals surface area contributed by atoms with Crippen LogP contribution in [0.15, 0.2) is 33.7 Å². The summed E-state index contributed by atoms with van der Waals surface area (Å²) < 4.78 is 35.4. The number of benzene rings is 1. The molecular formula is C23H26N6O4S. The van der Waals surface area contributed by atoms with Gasteiger partial charge in [-0.05, 0) is 51.8 Å². The summed E-state index contributed by atoms with van der Waals surface area (Å²) in [4.78, 5) is 22.6. The largest absolute Gasteiger partial charge is 0.490 e. The van der Waals surface area contributed by atoms with Crippen molar-refractivity contribution in [2.75, 3.05) is 11.3 Å². The van der Waals surface area contributed by atoms with E-state index in [1.807, 2.05) is 26.8 Å². The van der Waals surface area contributed by atoms with Crippen molar-refractivity contribution in [1.29, 1.82) is 0 Å². The maximum absolute atomic E-state index is 13.4. The lowest BCUT2D eigenvalue weighted by atomic mass is 9.99. The number of carbonyl (C=O) groups excluding carboxylic acids is 1. The Hall–Kier alpha value is -3.47. The van der Waals surface area contributed by atoms with Crippen molar-refractivity contribution < 1.29 is 17.9 Å². The van der Waals surface area contributed by atoms with Crippen LogP contribution in [0.25, 0.3) is 0 Å². The number of carbonyl (C=O) groups is 1. The zero-order valence-corrected chi connectivity index (χ0v) is 20.0. The highest BCUT2D eigenvalue weighted by molar-refractivity contribution is 7.91. The molecule has 4 N–H and O–H groups in total. The van der Waals surface area contributed by atoms with Crippen molar-refractivity contribution in [2.24, 2.45) is 15.1 Å². The van der Waals surface area contributed by atoms with Crippen molar-refractivity contribution >= 4 is 33.4 Å². The van der Waals surface area contributed by atoms with E-state index in [1.165, 1.54) is 0 Å². The van der Waals surface area contributed by atoms with Crippen LogP contribution in [0.3, 0.4) is 0 Å². The Morgan fingerprint density at radius 1 is 1.29 bits per heavy atom. The number of aromatic nitrogens is 1. The number of amides is 1. The summed E-state index contributed by atoms with van der Waals surface area (Å²) in [5, 5.41) is 3.06. The molecule has 34 heavy (non-hydrogen) atoms. The van der Waals surface area contributed by atoms with Gasteiger partial charge in [-0.1, -0.05) is 6.07 Å². The van der Waals surface area contributed by atoms with Gasteiger partial charge in [0.2, 0.25) is 0 Å². The quantitative estimate of drug-likeness (QED) is 0.575. The molecule has 0 spiro atoms. The van der Waals surface area contributed by atoms with E-state index >= 15 is 0 Å². The Balaban J connectivity index is 1.35. The first-order valence-corrected chi connectivity index (χ1v) is 12.5. The lowest BCUT2D eigenvalue weighted by Gasteiger charge is -2.28. The van der Waals surface area contributed by atoms with Crippen LogP contribution in [0, 0.1) is 0 Å². The highest BCUT2D eigenvalue weighted by Crippen LogP contribution is 2.40. The normalized spacial score (nSPS) is 18.2. The van der Waals surface area contributed by atoms with E-state index < -0.39 is 15.7 Å². The SMILES string of the molecule is CC1=NCc2nc(C3CC3)cc(C(=O)NC(C)(C)COc3cccc4c3C(N)=NS(=O)(=O)N4)c21. The minimum absolute atomic E-state index is 0.116. The Bertz CT molecular complexity index is 1380. The van der Waals surface area contributed by atoms with Crippen LogP contribution in [-0.4, -0.2) is 43.0 Å². The highest BCUT2D eigenvalue weighted by atomic mass is 32.2. The summed E-state index contributed by atoms with van der Waals surface area (Å²) in [5.41, 5.74) is 9.83. The van der Waals surface area contributed by atoms with E-state index in [0.29, 0.717) is 35.0 Å². The maximum Gasteiger partial charge on any atom is 0.344 e. The van der Waals surface area contributed by atoms with E-state index in [4.69, 9.17) is 15.5 Å². The van der Waals surface area contributed by atoms with E-state index in [0.717, 1.165) is 35.5 Å². The predicted octanol–water partition coefficient (Wildman–Crippen LogP) is 2.24. The molecular weight excluding hydrogens is 456 g/mol. The van der Waals surface area contributed by atoms with Crippen LogP contribution in [-0.2, 0) is 16.8 Å². The Morgan fingerprint density at radius 2 is 2.06 bits per heavy atom. The van der Waals surface area contributed by atoms with Crippen molar-refractivity contribution in [3.8, 4) is 5.75 Å². The Labute approximate surface area is 197 Å². The molecule has 0 saturated heterocycles. The summed E-state index contributed by atoms with van der Waals surface area (Å²) in [6, 6.07) is 6.81. The first kappa shape index (κ1) is 22.3. The number of nitrogens with two attached hydrogens (primary N) is 1. The van der Waals surface area contributed by atoms with Gasteiger partial charge >= 0.3 is 10.2 Å². The summed E-state index contributed by atoms with van der Waals surface area (Å²) in [5.74, 6) is 0.422. The van der Waals surface area contributed by atoms with Crippen LogP contribution in [0.4, 0.5) is 5.69 Å². The number of nitrogens with one attached hydrogen (secondary N) is 2. The molecule has 178 valence electrons. The van der Waals surface area contributed by atoms with E-state index in [9.17, 15) is 13.2 Å². The number of rotatable bonds is 6. The number of hydrogen-bond acceptors (Lipinski definition) is 7. The molecule has 2 aromatic rings. The minimum atomic E-state index is -3.88. The van der Waals surface area contributed by atoms with Gasteiger partial charge in [-0.25, -0.2) is 0 Å². The molecule has 3 heterocycles. The maximum atomic E-state index is 13.4. The van der Waals surface area contributed by atoms with Gasteiger partial charge in [-0.15, -0.1) is 4.40 Å². The second-order valence-corrected chi connectivity index (χ2v) is 10.8. The number of hydrogen-bond donors (Lipinski definition) is 3.